The Morgan fingerprint density at radius 2 is 2.14 bits per heavy atom. The zero-order valence-corrected chi connectivity index (χ0v) is 8.48. The van der Waals surface area contributed by atoms with Gasteiger partial charge >= 0.3 is 0 Å². The number of allylic oxidation sites excluding steroid dienone is 2. The van der Waals surface area contributed by atoms with Crippen molar-refractivity contribution in [1.82, 2.24) is 9.55 Å². The van der Waals surface area contributed by atoms with Gasteiger partial charge < -0.3 is 4.57 Å². The van der Waals surface area contributed by atoms with E-state index in [1.165, 1.54) is 0 Å². The molecule has 14 heavy (non-hydrogen) atoms. The molecule has 0 spiro atoms. The van der Waals surface area contributed by atoms with Crippen LogP contribution in [0.5, 0.6) is 0 Å². The normalized spacial score (nSPS) is 11.5. The molecule has 0 saturated carbocycles. The Morgan fingerprint density at radius 3 is 3.00 bits per heavy atom. The van der Waals surface area contributed by atoms with Crippen LogP contribution >= 0.6 is 11.6 Å². The summed E-state index contributed by atoms with van der Waals surface area (Å²) in [5, 5.41) is 0. The Morgan fingerprint density at radius 1 is 1.29 bits per heavy atom. The summed E-state index contributed by atoms with van der Waals surface area (Å²) in [6.45, 7) is 0.827. The third-order valence-corrected chi connectivity index (χ3v) is 2.26. The lowest BCUT2D eigenvalue weighted by Gasteiger charge is -1.98. The van der Waals surface area contributed by atoms with Crippen molar-refractivity contribution < 1.29 is 0 Å². The van der Waals surface area contributed by atoms with Gasteiger partial charge in [0.05, 0.1) is 17.4 Å². The van der Waals surface area contributed by atoms with Crippen molar-refractivity contribution in [2.75, 3.05) is 5.88 Å². The fraction of sp³-hybridized carbons (Fsp3) is 0.182. The topological polar surface area (TPSA) is 17.8 Å². The van der Waals surface area contributed by atoms with Crippen LogP contribution in [0, 0.1) is 0 Å². The Bertz CT molecular complexity index is 445. The molecule has 0 N–H and O–H groups in total. The molecule has 2 rings (SSSR count). The molecule has 0 bridgehead atoms. The molecule has 0 amide bonds. The average Bonchev–Trinajstić information content (AvgIpc) is 2.63. The van der Waals surface area contributed by atoms with Crippen molar-refractivity contribution >= 4 is 22.6 Å². The van der Waals surface area contributed by atoms with Crippen molar-refractivity contribution in [2.45, 2.75) is 6.54 Å². The maximum Gasteiger partial charge on any atom is 0.0961 e. The van der Waals surface area contributed by atoms with Gasteiger partial charge in [-0.3, -0.25) is 0 Å². The van der Waals surface area contributed by atoms with E-state index >= 15 is 0 Å². The molecule has 1 aromatic heterocycles. The van der Waals surface area contributed by atoms with Crippen molar-refractivity contribution in [3.05, 3.63) is 42.7 Å². The summed E-state index contributed by atoms with van der Waals surface area (Å²) in [6.07, 6.45) is 5.83. The molecule has 0 unspecified atom stereocenters. The lowest BCUT2D eigenvalue weighted by molar-refractivity contribution is 0.848. The molecule has 0 aliphatic rings. The second-order valence-electron chi connectivity index (χ2n) is 3.01. The predicted octanol–water partition coefficient (Wildman–Crippen LogP) is 2.83. The van der Waals surface area contributed by atoms with Gasteiger partial charge in [-0.1, -0.05) is 24.3 Å². The van der Waals surface area contributed by atoms with Crippen molar-refractivity contribution in [3.8, 4) is 0 Å². The summed E-state index contributed by atoms with van der Waals surface area (Å²) < 4.78 is 2.10. The lowest BCUT2D eigenvalue weighted by atomic mass is 10.3. The van der Waals surface area contributed by atoms with E-state index in [9.17, 15) is 0 Å². The Labute approximate surface area is 87.8 Å². The standard InChI is InChI=1S/C11H11ClN2/c12-7-3-4-8-14-9-13-10-5-1-2-6-11(10)14/h1-6,9H,7-8H2. The maximum atomic E-state index is 5.55. The molecule has 0 saturated heterocycles. The molecular formula is C11H11ClN2. The largest absolute Gasteiger partial charge is 0.327 e. The van der Waals surface area contributed by atoms with Gasteiger partial charge in [0.15, 0.2) is 0 Å². The summed E-state index contributed by atoms with van der Waals surface area (Å²) in [5.74, 6) is 0.562. The van der Waals surface area contributed by atoms with Crippen LogP contribution < -0.4 is 0 Å². The first kappa shape index (κ1) is 9.28. The minimum atomic E-state index is 0.562. The number of aromatic nitrogens is 2. The van der Waals surface area contributed by atoms with Crippen LogP contribution in [0.3, 0.4) is 0 Å². The number of benzene rings is 1. The first-order valence-electron chi connectivity index (χ1n) is 4.52. The number of rotatable bonds is 3. The molecule has 3 heteroatoms. The molecule has 2 aromatic rings. The Hall–Kier alpha value is -1.28. The van der Waals surface area contributed by atoms with E-state index in [0.29, 0.717) is 5.88 Å². The van der Waals surface area contributed by atoms with Crippen LogP contribution in [0.25, 0.3) is 11.0 Å². The van der Waals surface area contributed by atoms with Gasteiger partial charge in [-0.2, -0.15) is 0 Å². The van der Waals surface area contributed by atoms with Gasteiger partial charge in [0.2, 0.25) is 0 Å². The first-order valence-corrected chi connectivity index (χ1v) is 5.06. The molecule has 0 atom stereocenters. The number of para-hydroxylation sites is 2. The number of hydrogen-bond donors (Lipinski definition) is 0. The number of nitrogens with zero attached hydrogens (tertiary/aromatic N) is 2. The van der Waals surface area contributed by atoms with E-state index in [4.69, 9.17) is 11.6 Å². The molecule has 1 aromatic carbocycles. The maximum absolute atomic E-state index is 5.55. The van der Waals surface area contributed by atoms with E-state index in [1.54, 1.807) is 0 Å². The van der Waals surface area contributed by atoms with Crippen molar-refractivity contribution in [1.29, 1.82) is 0 Å². The van der Waals surface area contributed by atoms with Gasteiger partial charge in [-0.15, -0.1) is 11.6 Å². The molecule has 0 fully saturated rings. The average molecular weight is 207 g/mol. The van der Waals surface area contributed by atoms with Crippen molar-refractivity contribution in [2.24, 2.45) is 0 Å². The van der Waals surface area contributed by atoms with Gasteiger partial charge in [-0.25, -0.2) is 4.98 Å². The van der Waals surface area contributed by atoms with Gasteiger partial charge in [0.1, 0.15) is 0 Å². The number of alkyl halides is 1. The van der Waals surface area contributed by atoms with Crippen LogP contribution in [0.15, 0.2) is 42.7 Å². The van der Waals surface area contributed by atoms with Gasteiger partial charge in [0, 0.05) is 12.4 Å². The smallest absolute Gasteiger partial charge is 0.0961 e. The summed E-state index contributed by atoms with van der Waals surface area (Å²) in [5.41, 5.74) is 2.19. The van der Waals surface area contributed by atoms with E-state index in [2.05, 4.69) is 15.6 Å². The van der Waals surface area contributed by atoms with E-state index < -0.39 is 0 Å². The second-order valence-corrected chi connectivity index (χ2v) is 3.32. The number of imidazole rings is 1. The molecule has 0 aliphatic heterocycles. The molecule has 0 radical (unpaired) electrons. The van der Waals surface area contributed by atoms with E-state index in [1.807, 2.05) is 36.7 Å². The number of hydrogen-bond acceptors (Lipinski definition) is 1. The predicted molar refractivity (Wildman–Crippen MR) is 59.6 cm³/mol. The number of halogens is 1. The summed E-state index contributed by atoms with van der Waals surface area (Å²) in [6, 6.07) is 8.09. The SMILES string of the molecule is ClCC=CCn1cnc2ccccc21. The monoisotopic (exact) mass is 206 g/mol. The quantitative estimate of drug-likeness (QED) is 0.558. The van der Waals surface area contributed by atoms with Crippen LogP contribution in [-0.2, 0) is 6.54 Å². The summed E-state index contributed by atoms with van der Waals surface area (Å²) >= 11 is 5.55. The van der Waals surface area contributed by atoms with Crippen LogP contribution in [-0.4, -0.2) is 15.4 Å². The third-order valence-electron chi connectivity index (χ3n) is 2.09. The number of fused-ring (bicyclic) bond motifs is 1. The molecule has 72 valence electrons. The highest BCUT2D eigenvalue weighted by molar-refractivity contribution is 6.18. The lowest BCUT2D eigenvalue weighted by Crippen LogP contribution is -1.91. The molecule has 0 aliphatic carbocycles. The van der Waals surface area contributed by atoms with E-state index in [0.717, 1.165) is 17.6 Å². The zero-order chi connectivity index (χ0) is 9.80. The fourth-order valence-corrected chi connectivity index (χ4v) is 1.53. The molecule has 1 heterocycles. The third kappa shape index (κ3) is 1.80. The second kappa shape index (κ2) is 4.29. The van der Waals surface area contributed by atoms with Gasteiger partial charge in [0.25, 0.3) is 0 Å². The highest BCUT2D eigenvalue weighted by atomic mass is 35.5. The van der Waals surface area contributed by atoms with Crippen LogP contribution in [0.2, 0.25) is 0 Å². The van der Waals surface area contributed by atoms with Crippen LogP contribution in [0.1, 0.15) is 0 Å². The molecule has 2 nitrogen and oxygen atoms in total. The van der Waals surface area contributed by atoms with Crippen LogP contribution in [0.4, 0.5) is 0 Å². The minimum absolute atomic E-state index is 0.562. The highest BCUT2D eigenvalue weighted by Crippen LogP contribution is 2.11. The van der Waals surface area contributed by atoms with E-state index in [-0.39, 0.29) is 0 Å². The molecular weight excluding hydrogens is 196 g/mol. The summed E-state index contributed by atoms with van der Waals surface area (Å²) in [7, 11) is 0. The highest BCUT2D eigenvalue weighted by Gasteiger charge is 1.97. The van der Waals surface area contributed by atoms with Crippen molar-refractivity contribution in [3.63, 3.8) is 0 Å². The Balaban J connectivity index is 2.29. The minimum Gasteiger partial charge on any atom is -0.327 e. The zero-order valence-electron chi connectivity index (χ0n) is 7.73. The summed E-state index contributed by atoms with van der Waals surface area (Å²) in [4.78, 5) is 4.29. The first-order chi connectivity index (χ1) is 6.92. The fourth-order valence-electron chi connectivity index (χ4n) is 1.41. The Kier molecular flexibility index (Phi) is 2.84. The van der Waals surface area contributed by atoms with Gasteiger partial charge in [-0.05, 0) is 12.1 Å².